The van der Waals surface area contributed by atoms with Gasteiger partial charge in [-0.25, -0.2) is 0 Å². The van der Waals surface area contributed by atoms with E-state index in [2.05, 4.69) is 81.4 Å². The zero-order valence-electron chi connectivity index (χ0n) is 15.5. The van der Waals surface area contributed by atoms with Gasteiger partial charge in [-0.05, 0) is 28.3 Å². The Hall–Kier alpha value is -1.71. The van der Waals surface area contributed by atoms with Crippen molar-refractivity contribution in [1.29, 1.82) is 0 Å². The van der Waals surface area contributed by atoms with Gasteiger partial charge in [-0.15, -0.1) is 0 Å². The first-order valence-corrected chi connectivity index (χ1v) is 11.1. The lowest BCUT2D eigenvalue weighted by atomic mass is 9.82. The van der Waals surface area contributed by atoms with Crippen molar-refractivity contribution in [1.82, 2.24) is 0 Å². The molecule has 0 bridgehead atoms. The molecule has 1 unspecified atom stereocenters. The average molecular weight is 353 g/mol. The van der Waals surface area contributed by atoms with Crippen molar-refractivity contribution in [2.45, 2.75) is 45.1 Å². The summed E-state index contributed by atoms with van der Waals surface area (Å²) in [5, 5.41) is 2.60. The summed E-state index contributed by atoms with van der Waals surface area (Å²) < 4.78 is 6.81. The molecular weight excluding hydrogens is 324 g/mol. The summed E-state index contributed by atoms with van der Waals surface area (Å²) in [6.45, 7) is 7.51. The highest BCUT2D eigenvalue weighted by atomic mass is 28.4. The van der Waals surface area contributed by atoms with Crippen LogP contribution >= 0.6 is 0 Å². The molecule has 2 aromatic rings. The molecule has 0 heterocycles. The van der Waals surface area contributed by atoms with Crippen LogP contribution in [-0.4, -0.2) is 20.7 Å². The monoisotopic (exact) mass is 352 g/mol. The summed E-state index contributed by atoms with van der Waals surface area (Å²) in [5.41, 5.74) is 0. The van der Waals surface area contributed by atoms with Gasteiger partial charge in [0, 0.05) is 18.9 Å². The van der Waals surface area contributed by atoms with Crippen molar-refractivity contribution in [2.75, 3.05) is 6.61 Å². The van der Waals surface area contributed by atoms with Crippen LogP contribution in [0, 0.1) is 5.92 Å². The third-order valence-electron chi connectivity index (χ3n) is 5.40. The minimum absolute atomic E-state index is 0.000666. The molecule has 0 amide bonds. The lowest BCUT2D eigenvalue weighted by Gasteiger charge is -2.43. The van der Waals surface area contributed by atoms with Crippen LogP contribution in [0.2, 0.25) is 5.04 Å². The SMILES string of the molecule is CC(C)(C)[Si](OCCC1CCC1=O)(c1ccccc1)c1ccccc1. The standard InChI is InChI=1S/C22H28O2Si/c1-22(2,3)25(19-10-6-4-7-11-19,20-12-8-5-9-13-20)24-17-16-18-14-15-21(18)23/h4-13,18H,14-17H2,1-3H3. The minimum Gasteiger partial charge on any atom is -0.407 e. The van der Waals surface area contributed by atoms with Crippen LogP contribution in [0.1, 0.15) is 40.0 Å². The summed E-state index contributed by atoms with van der Waals surface area (Å²) >= 11 is 0. The second-order valence-electron chi connectivity index (χ2n) is 8.00. The summed E-state index contributed by atoms with van der Waals surface area (Å²) in [6.07, 6.45) is 2.64. The number of Topliss-reactive ketones (excluding diaryl/α,β-unsaturated/α-hetero) is 1. The highest BCUT2D eigenvalue weighted by Crippen LogP contribution is 2.37. The van der Waals surface area contributed by atoms with Crippen LogP contribution in [0.25, 0.3) is 0 Å². The van der Waals surface area contributed by atoms with E-state index >= 15 is 0 Å². The number of rotatable bonds is 6. The van der Waals surface area contributed by atoms with Crippen LogP contribution in [-0.2, 0) is 9.22 Å². The van der Waals surface area contributed by atoms with Gasteiger partial charge in [0.2, 0.25) is 0 Å². The molecule has 3 heteroatoms. The Balaban J connectivity index is 1.98. The van der Waals surface area contributed by atoms with Crippen molar-refractivity contribution in [3.63, 3.8) is 0 Å². The van der Waals surface area contributed by atoms with E-state index in [1.54, 1.807) is 0 Å². The van der Waals surface area contributed by atoms with Crippen LogP contribution < -0.4 is 10.4 Å². The smallest absolute Gasteiger partial charge is 0.261 e. The second-order valence-corrected chi connectivity index (χ2v) is 12.3. The largest absolute Gasteiger partial charge is 0.407 e. The zero-order chi connectivity index (χ0) is 17.9. The van der Waals surface area contributed by atoms with Crippen molar-refractivity contribution in [3.8, 4) is 0 Å². The fourth-order valence-corrected chi connectivity index (χ4v) is 8.47. The first kappa shape index (κ1) is 18.1. The van der Waals surface area contributed by atoms with Gasteiger partial charge in [0.1, 0.15) is 5.78 Å². The summed E-state index contributed by atoms with van der Waals surface area (Å²) in [5.74, 6) is 0.629. The van der Waals surface area contributed by atoms with E-state index in [1.165, 1.54) is 10.4 Å². The lowest BCUT2D eigenvalue weighted by Crippen LogP contribution is -2.66. The van der Waals surface area contributed by atoms with Crippen molar-refractivity contribution < 1.29 is 9.22 Å². The highest BCUT2D eigenvalue weighted by Gasteiger charge is 2.50. The predicted molar refractivity (Wildman–Crippen MR) is 106 cm³/mol. The molecule has 3 rings (SSSR count). The van der Waals surface area contributed by atoms with E-state index in [4.69, 9.17) is 4.43 Å². The molecule has 1 aliphatic rings. The van der Waals surface area contributed by atoms with Gasteiger partial charge in [0.05, 0.1) is 0 Å². The van der Waals surface area contributed by atoms with Crippen LogP contribution in [0.3, 0.4) is 0 Å². The molecule has 0 aliphatic heterocycles. The number of benzene rings is 2. The van der Waals surface area contributed by atoms with Crippen molar-refractivity contribution in [2.24, 2.45) is 5.92 Å². The van der Waals surface area contributed by atoms with Gasteiger partial charge < -0.3 is 4.43 Å². The molecule has 0 radical (unpaired) electrons. The fraction of sp³-hybridized carbons (Fsp3) is 0.409. The summed E-state index contributed by atoms with van der Waals surface area (Å²) in [7, 11) is -2.44. The van der Waals surface area contributed by atoms with E-state index in [1.807, 2.05) is 0 Å². The molecule has 25 heavy (non-hydrogen) atoms. The number of hydrogen-bond acceptors (Lipinski definition) is 2. The average Bonchev–Trinajstić information content (AvgIpc) is 2.61. The fourth-order valence-electron chi connectivity index (χ4n) is 3.89. The highest BCUT2D eigenvalue weighted by molar-refractivity contribution is 6.99. The van der Waals surface area contributed by atoms with Gasteiger partial charge >= 0.3 is 0 Å². The molecule has 1 atom stereocenters. The third-order valence-corrected chi connectivity index (χ3v) is 10.4. The van der Waals surface area contributed by atoms with Crippen LogP contribution in [0.4, 0.5) is 0 Å². The summed E-state index contributed by atoms with van der Waals surface area (Å²) in [6, 6.07) is 21.4. The second kappa shape index (κ2) is 7.26. The number of carbonyl (C=O) groups is 1. The van der Waals surface area contributed by atoms with Gasteiger partial charge in [0.15, 0.2) is 0 Å². The Morgan fingerprint density at radius 1 is 0.960 bits per heavy atom. The Kier molecular flexibility index (Phi) is 5.26. The maximum atomic E-state index is 11.7. The molecule has 0 N–H and O–H groups in total. The Morgan fingerprint density at radius 2 is 1.48 bits per heavy atom. The number of hydrogen-bond donors (Lipinski definition) is 0. The molecule has 0 spiro atoms. The molecule has 0 saturated heterocycles. The number of ketones is 1. The molecule has 1 aliphatic carbocycles. The van der Waals surface area contributed by atoms with Gasteiger partial charge in [-0.2, -0.15) is 0 Å². The molecule has 1 saturated carbocycles. The quantitative estimate of drug-likeness (QED) is 0.736. The first-order valence-electron chi connectivity index (χ1n) is 9.23. The number of carbonyl (C=O) groups excluding carboxylic acids is 1. The summed E-state index contributed by atoms with van der Waals surface area (Å²) in [4.78, 5) is 11.7. The molecule has 2 aromatic carbocycles. The van der Waals surface area contributed by atoms with Gasteiger partial charge in [-0.1, -0.05) is 81.4 Å². The molecule has 1 fully saturated rings. The molecule has 132 valence electrons. The van der Waals surface area contributed by atoms with E-state index in [-0.39, 0.29) is 11.0 Å². The first-order chi connectivity index (χ1) is 11.9. The van der Waals surface area contributed by atoms with Crippen molar-refractivity contribution >= 4 is 24.5 Å². The normalized spacial score (nSPS) is 18.0. The Morgan fingerprint density at radius 3 is 1.84 bits per heavy atom. The maximum absolute atomic E-state index is 11.7. The molecular formula is C22H28O2Si. The third kappa shape index (κ3) is 3.49. The van der Waals surface area contributed by atoms with E-state index in [0.717, 1.165) is 19.3 Å². The zero-order valence-corrected chi connectivity index (χ0v) is 16.5. The lowest BCUT2D eigenvalue weighted by molar-refractivity contribution is -0.129. The van der Waals surface area contributed by atoms with Crippen LogP contribution in [0.5, 0.6) is 0 Å². The minimum atomic E-state index is -2.44. The van der Waals surface area contributed by atoms with Gasteiger partial charge in [-0.3, -0.25) is 4.79 Å². The van der Waals surface area contributed by atoms with Gasteiger partial charge in [0.25, 0.3) is 8.32 Å². The molecule has 2 nitrogen and oxygen atoms in total. The Bertz CT molecular complexity index is 664. The Labute approximate surface area is 152 Å². The van der Waals surface area contributed by atoms with E-state index < -0.39 is 8.32 Å². The van der Waals surface area contributed by atoms with Crippen LogP contribution in [0.15, 0.2) is 60.7 Å². The molecule has 0 aromatic heterocycles. The van der Waals surface area contributed by atoms with Crippen molar-refractivity contribution in [3.05, 3.63) is 60.7 Å². The topological polar surface area (TPSA) is 26.3 Å². The van der Waals surface area contributed by atoms with E-state index in [9.17, 15) is 4.79 Å². The van der Waals surface area contributed by atoms with E-state index in [0.29, 0.717) is 12.4 Å². The predicted octanol–water partition coefficient (Wildman–Crippen LogP) is 3.93. The maximum Gasteiger partial charge on any atom is 0.261 e.